The summed E-state index contributed by atoms with van der Waals surface area (Å²) in [6.07, 6.45) is 0. The number of rotatable bonds is 9. The topological polar surface area (TPSA) is 218 Å². The highest BCUT2D eigenvalue weighted by Crippen LogP contribution is 2.45. The Morgan fingerprint density at radius 3 is 1.62 bits per heavy atom. The molecule has 216 valence electrons. The Labute approximate surface area is 240 Å². The van der Waals surface area contributed by atoms with Crippen LogP contribution in [-0.2, 0) is 29.8 Å². The number of nitrogens with zero attached hydrogens (tertiary/aromatic N) is 4. The summed E-state index contributed by atoms with van der Waals surface area (Å²) in [5.41, 5.74) is 5.67. The molecule has 42 heavy (non-hydrogen) atoms. The Hall–Kier alpha value is -4.77. The molecule has 0 amide bonds. The molecule has 0 radical (unpaired) electrons. The fourth-order valence-electron chi connectivity index (χ4n) is 3.66. The van der Waals surface area contributed by atoms with Crippen molar-refractivity contribution < 1.29 is 34.9 Å². The highest BCUT2D eigenvalue weighted by Gasteiger charge is 2.23. The van der Waals surface area contributed by atoms with E-state index in [-0.39, 0.29) is 43.3 Å². The van der Waals surface area contributed by atoms with Crippen LogP contribution in [-0.4, -0.2) is 34.9 Å². The van der Waals surface area contributed by atoms with E-state index in [9.17, 15) is 34.9 Å². The molecule has 0 aliphatic heterocycles. The van der Waals surface area contributed by atoms with Gasteiger partial charge in [0, 0.05) is 10.8 Å². The van der Waals surface area contributed by atoms with E-state index < -0.39 is 46.1 Å². The quantitative estimate of drug-likeness (QED) is 0.112. The lowest BCUT2D eigenvalue weighted by molar-refractivity contribution is 0.481. The number of azo groups is 2. The van der Waals surface area contributed by atoms with Crippen molar-refractivity contribution in [3.8, 4) is 5.75 Å². The van der Waals surface area contributed by atoms with Gasteiger partial charge in [-0.15, -0.1) is 10.2 Å². The summed E-state index contributed by atoms with van der Waals surface area (Å²) in [7, 11) is -12.2. The van der Waals surface area contributed by atoms with Crippen LogP contribution in [0.5, 0.6) is 5.75 Å². The molecule has 0 aliphatic rings. The van der Waals surface area contributed by atoms with Crippen molar-refractivity contribution in [2.24, 2.45) is 20.5 Å². The third-order valence-corrected chi connectivity index (χ3v) is 9.42. The molecule has 4 aromatic rings. The van der Waals surface area contributed by atoms with Crippen LogP contribution in [0.2, 0.25) is 0 Å². The maximum absolute atomic E-state index is 12.1. The minimum Gasteiger partial charge on any atom is -0.505 e. The van der Waals surface area contributed by atoms with E-state index in [4.69, 9.17) is 5.73 Å². The second-order valence-electron chi connectivity index (χ2n) is 8.45. The molecular weight excluding hydrogens is 607 g/mol. The smallest absolute Gasteiger partial charge is 0.296 e. The van der Waals surface area contributed by atoms with Crippen molar-refractivity contribution in [3.05, 3.63) is 90.7 Å². The highest BCUT2D eigenvalue weighted by molar-refractivity contribution is 7.94. The van der Waals surface area contributed by atoms with Gasteiger partial charge in [-0.05, 0) is 66.0 Å². The molecule has 0 saturated carbocycles. The number of anilines is 1. The predicted octanol–water partition coefficient (Wildman–Crippen LogP) is 6.04. The number of sulfone groups is 2. The maximum atomic E-state index is 12.1. The number of phenols is 1. The van der Waals surface area contributed by atoms with Crippen molar-refractivity contribution in [1.82, 2.24) is 0 Å². The Morgan fingerprint density at radius 1 is 0.690 bits per heavy atom. The summed E-state index contributed by atoms with van der Waals surface area (Å²) in [6, 6.07) is 14.2. The molecule has 0 spiro atoms. The summed E-state index contributed by atoms with van der Waals surface area (Å²) in [4.78, 5) is -0.734. The summed E-state index contributed by atoms with van der Waals surface area (Å²) in [5.74, 6) is -0.489. The zero-order valence-corrected chi connectivity index (χ0v) is 23.8. The van der Waals surface area contributed by atoms with Gasteiger partial charge in [0.05, 0.1) is 32.2 Å². The minimum atomic E-state index is -4.86. The van der Waals surface area contributed by atoms with Gasteiger partial charge in [-0.2, -0.15) is 18.6 Å². The van der Waals surface area contributed by atoms with Crippen LogP contribution >= 0.6 is 0 Å². The molecule has 0 unspecified atom stereocenters. The van der Waals surface area contributed by atoms with E-state index in [0.29, 0.717) is 0 Å². The third kappa shape index (κ3) is 6.10. The Kier molecular flexibility index (Phi) is 8.09. The number of benzene rings is 4. The molecule has 4 aromatic carbocycles. The second kappa shape index (κ2) is 11.2. The number of nitrogen functional groups attached to an aromatic ring is 1. The van der Waals surface area contributed by atoms with E-state index in [2.05, 4.69) is 33.6 Å². The largest absolute Gasteiger partial charge is 0.505 e. The van der Waals surface area contributed by atoms with Gasteiger partial charge in [0.15, 0.2) is 25.4 Å². The lowest BCUT2D eigenvalue weighted by Crippen LogP contribution is -2.01. The van der Waals surface area contributed by atoms with Gasteiger partial charge in [-0.1, -0.05) is 19.2 Å². The molecule has 0 aromatic heterocycles. The number of aromatic hydroxyl groups is 1. The minimum absolute atomic E-state index is 0.00634. The van der Waals surface area contributed by atoms with Gasteiger partial charge < -0.3 is 10.8 Å². The first-order valence-corrected chi connectivity index (χ1v) is 16.1. The Balaban J connectivity index is 1.78. The van der Waals surface area contributed by atoms with E-state index >= 15 is 0 Å². The van der Waals surface area contributed by atoms with E-state index in [1.165, 1.54) is 60.7 Å². The van der Waals surface area contributed by atoms with Gasteiger partial charge in [0.2, 0.25) is 0 Å². The van der Waals surface area contributed by atoms with Gasteiger partial charge >= 0.3 is 0 Å². The molecule has 0 atom stereocenters. The van der Waals surface area contributed by atoms with Crippen molar-refractivity contribution >= 4 is 69.0 Å². The average Bonchev–Trinajstić information content (AvgIpc) is 2.96. The molecule has 0 aliphatic carbocycles. The Morgan fingerprint density at radius 2 is 1.17 bits per heavy atom. The van der Waals surface area contributed by atoms with E-state index in [1.54, 1.807) is 0 Å². The van der Waals surface area contributed by atoms with Crippen LogP contribution < -0.4 is 5.73 Å². The molecule has 0 bridgehead atoms. The summed E-state index contributed by atoms with van der Waals surface area (Å²) >= 11 is 0. The number of fused-ring (bicyclic) bond motifs is 1. The van der Waals surface area contributed by atoms with Crippen LogP contribution in [0.4, 0.5) is 28.4 Å². The first-order chi connectivity index (χ1) is 19.7. The molecule has 13 nitrogen and oxygen atoms in total. The number of hydrogen-bond acceptors (Lipinski definition) is 12. The van der Waals surface area contributed by atoms with Crippen LogP contribution in [0.3, 0.4) is 0 Å². The van der Waals surface area contributed by atoms with E-state index in [0.717, 1.165) is 16.9 Å². The van der Waals surface area contributed by atoms with E-state index in [1.807, 2.05) is 0 Å². The van der Waals surface area contributed by atoms with Gasteiger partial charge in [0.1, 0.15) is 16.3 Å². The fourth-order valence-corrected chi connectivity index (χ4v) is 5.74. The fraction of sp³-hybridized carbons (Fsp3) is 0. The third-order valence-electron chi connectivity index (χ3n) is 5.82. The van der Waals surface area contributed by atoms with Crippen molar-refractivity contribution in [2.75, 3.05) is 5.73 Å². The molecular formula is C26H21N5O8S3. The molecule has 0 saturated heterocycles. The Bertz CT molecular complexity index is 2130. The number of phenolic OH excluding ortho intramolecular Hbond substituents is 1. The molecule has 4 N–H and O–H groups in total. The summed E-state index contributed by atoms with van der Waals surface area (Å²) in [6.45, 7) is 6.51. The molecule has 4 rings (SSSR count). The van der Waals surface area contributed by atoms with Gasteiger partial charge in [0.25, 0.3) is 10.1 Å². The number of hydrogen-bond donors (Lipinski definition) is 3. The lowest BCUT2D eigenvalue weighted by atomic mass is 10.1. The lowest BCUT2D eigenvalue weighted by Gasteiger charge is -2.12. The second-order valence-corrected chi connectivity index (χ2v) is 13.6. The van der Waals surface area contributed by atoms with Crippen LogP contribution in [0.15, 0.2) is 126 Å². The van der Waals surface area contributed by atoms with Gasteiger partial charge in [-0.3, -0.25) is 4.55 Å². The van der Waals surface area contributed by atoms with Crippen molar-refractivity contribution in [1.29, 1.82) is 0 Å². The standard InChI is InChI=1S/C26H21N5O8S3/c1-3-40(33,34)19-10-6-17(7-11-19)28-30-21-14-5-16-15-22(42(37,38)39)25(24(27)23(16)26(21)32)31-29-18-8-12-20(13-9-18)41(35,36)4-2/h3-15,32H,1-2,27H2,(H,37,38,39)/b30-28+,31-29+. The maximum Gasteiger partial charge on any atom is 0.296 e. The zero-order chi connectivity index (χ0) is 30.9. The van der Waals surface area contributed by atoms with Crippen LogP contribution in [0, 0.1) is 0 Å². The van der Waals surface area contributed by atoms with Gasteiger partial charge in [-0.25, -0.2) is 16.8 Å². The van der Waals surface area contributed by atoms with Crippen LogP contribution in [0.25, 0.3) is 10.8 Å². The molecule has 0 heterocycles. The first-order valence-electron chi connectivity index (χ1n) is 11.5. The normalized spacial score (nSPS) is 12.7. The SMILES string of the molecule is C=CS(=O)(=O)c1ccc(/N=N/c2ccc3cc(S(=O)(=O)O)c(/N=N/c4ccc(S(=O)(=O)C=C)cc4)c(N)c3c2O)cc1. The first kappa shape index (κ1) is 30.2. The average molecular weight is 628 g/mol. The summed E-state index contributed by atoms with van der Waals surface area (Å²) < 4.78 is 81.7. The monoisotopic (exact) mass is 627 g/mol. The predicted molar refractivity (Wildman–Crippen MR) is 156 cm³/mol. The molecule has 0 fully saturated rings. The number of nitrogens with two attached hydrogens (primary N) is 1. The zero-order valence-electron chi connectivity index (χ0n) is 21.4. The highest BCUT2D eigenvalue weighted by atomic mass is 32.2. The van der Waals surface area contributed by atoms with Crippen molar-refractivity contribution in [3.63, 3.8) is 0 Å². The van der Waals surface area contributed by atoms with Crippen LogP contribution in [0.1, 0.15) is 0 Å². The molecule has 16 heteroatoms. The summed E-state index contributed by atoms with van der Waals surface area (Å²) in [5, 5.41) is 28.3. The van der Waals surface area contributed by atoms with Crippen molar-refractivity contribution in [2.45, 2.75) is 14.7 Å².